The minimum atomic E-state index is -0.462. The van der Waals surface area contributed by atoms with Crippen molar-refractivity contribution >= 4 is 22.9 Å². The van der Waals surface area contributed by atoms with Gasteiger partial charge >= 0.3 is 0 Å². The van der Waals surface area contributed by atoms with Gasteiger partial charge in [-0.05, 0) is 67.1 Å². The molecule has 158 valence electrons. The molecule has 3 aliphatic carbocycles. The van der Waals surface area contributed by atoms with Crippen LogP contribution >= 0.6 is 0 Å². The molecule has 0 heterocycles. The van der Waals surface area contributed by atoms with Crippen LogP contribution in [-0.4, -0.2) is 5.11 Å². The topological polar surface area (TPSA) is 20.2 Å². The molecule has 0 aromatic heterocycles. The molecule has 1 nitrogen and oxygen atoms in total. The van der Waals surface area contributed by atoms with E-state index in [0.717, 1.165) is 10.8 Å². The Labute approximate surface area is 198 Å². The third-order valence-corrected chi connectivity index (χ3v) is 7.94. The van der Waals surface area contributed by atoms with Crippen LogP contribution in [0.3, 0.4) is 0 Å². The minimum absolute atomic E-state index is 0.341. The summed E-state index contributed by atoms with van der Waals surface area (Å²) >= 11 is 0. The van der Waals surface area contributed by atoms with Crippen molar-refractivity contribution in [2.45, 2.75) is 5.41 Å². The van der Waals surface area contributed by atoms with E-state index in [-0.39, 0.29) is 0 Å². The summed E-state index contributed by atoms with van der Waals surface area (Å²) in [6.07, 6.45) is 8.69. The van der Waals surface area contributed by atoms with Crippen molar-refractivity contribution in [3.05, 3.63) is 137 Å². The predicted molar refractivity (Wildman–Crippen MR) is 140 cm³/mol. The van der Waals surface area contributed by atoms with Gasteiger partial charge in [-0.15, -0.1) is 0 Å². The summed E-state index contributed by atoms with van der Waals surface area (Å²) in [5.74, 6) is 0.341. The molecule has 5 aromatic carbocycles. The van der Waals surface area contributed by atoms with E-state index in [1.54, 1.807) is 0 Å². The summed E-state index contributed by atoms with van der Waals surface area (Å²) in [4.78, 5) is 0. The maximum atomic E-state index is 11.2. The third-order valence-electron chi connectivity index (χ3n) is 7.94. The summed E-state index contributed by atoms with van der Waals surface area (Å²) in [6.45, 7) is 0. The van der Waals surface area contributed by atoms with Crippen LogP contribution in [0.2, 0.25) is 0 Å². The minimum Gasteiger partial charge on any atom is -0.507 e. The Morgan fingerprint density at radius 2 is 1.09 bits per heavy atom. The van der Waals surface area contributed by atoms with Crippen molar-refractivity contribution < 1.29 is 5.11 Å². The van der Waals surface area contributed by atoms with Gasteiger partial charge in [0.2, 0.25) is 0 Å². The van der Waals surface area contributed by atoms with Gasteiger partial charge in [0.15, 0.2) is 0 Å². The van der Waals surface area contributed by atoms with Crippen LogP contribution < -0.4 is 0 Å². The van der Waals surface area contributed by atoms with Gasteiger partial charge in [-0.2, -0.15) is 0 Å². The lowest BCUT2D eigenvalue weighted by molar-refractivity contribution is 0.480. The predicted octanol–water partition coefficient (Wildman–Crippen LogP) is 7.93. The summed E-state index contributed by atoms with van der Waals surface area (Å²) in [5, 5.41) is 13.2. The van der Waals surface area contributed by atoms with Gasteiger partial charge in [0.1, 0.15) is 5.75 Å². The molecule has 1 atom stereocenters. The average Bonchev–Trinajstić information content (AvgIpc) is 3.33. The Kier molecular flexibility index (Phi) is 3.28. The molecule has 1 heteroatoms. The first kappa shape index (κ1) is 18.1. The highest BCUT2D eigenvalue weighted by molar-refractivity contribution is 6.09. The highest BCUT2D eigenvalue weighted by atomic mass is 16.3. The van der Waals surface area contributed by atoms with Gasteiger partial charge in [-0.1, -0.05) is 109 Å². The highest BCUT2D eigenvalue weighted by Gasteiger charge is 2.53. The van der Waals surface area contributed by atoms with Crippen molar-refractivity contribution in [3.8, 4) is 28.0 Å². The van der Waals surface area contributed by atoms with Crippen LogP contribution in [0.15, 0.2) is 103 Å². The summed E-state index contributed by atoms with van der Waals surface area (Å²) in [5.41, 5.74) is 12.2. The number of hydrogen-bond donors (Lipinski definition) is 1. The number of rotatable bonds is 0. The molecule has 1 N–H and O–H groups in total. The van der Waals surface area contributed by atoms with Crippen molar-refractivity contribution in [3.63, 3.8) is 0 Å². The Morgan fingerprint density at radius 3 is 1.79 bits per heavy atom. The molecule has 0 bridgehead atoms. The molecule has 0 radical (unpaired) electrons. The first-order valence-electron chi connectivity index (χ1n) is 11.8. The fourth-order valence-electron chi connectivity index (χ4n) is 6.76. The van der Waals surface area contributed by atoms with Crippen molar-refractivity contribution in [1.82, 2.24) is 0 Å². The monoisotopic (exact) mass is 432 g/mol. The molecule has 1 spiro atoms. The fourth-order valence-corrected chi connectivity index (χ4v) is 6.76. The lowest BCUT2D eigenvalue weighted by atomic mass is 9.70. The Morgan fingerprint density at radius 1 is 0.500 bits per heavy atom. The van der Waals surface area contributed by atoms with E-state index >= 15 is 0 Å². The zero-order chi connectivity index (χ0) is 22.4. The second-order valence-electron chi connectivity index (χ2n) is 9.42. The molecule has 5 aromatic rings. The molecule has 0 fully saturated rings. The van der Waals surface area contributed by atoms with Gasteiger partial charge in [0.05, 0.1) is 5.41 Å². The number of phenolic OH excluding ortho intramolecular Hbond substituents is 1. The first-order valence-corrected chi connectivity index (χ1v) is 11.8. The summed E-state index contributed by atoms with van der Waals surface area (Å²) < 4.78 is 0. The van der Waals surface area contributed by atoms with Crippen molar-refractivity contribution in [1.29, 1.82) is 0 Å². The molecule has 0 saturated carbocycles. The summed E-state index contributed by atoms with van der Waals surface area (Å²) in [7, 11) is 0. The van der Waals surface area contributed by atoms with E-state index in [4.69, 9.17) is 0 Å². The molecule has 3 aliphatic rings. The molecule has 0 saturated heterocycles. The molecular weight excluding hydrogens is 412 g/mol. The third kappa shape index (κ3) is 1.94. The smallest absolute Gasteiger partial charge is 0.123 e. The van der Waals surface area contributed by atoms with Crippen molar-refractivity contribution in [2.75, 3.05) is 0 Å². The number of benzene rings is 5. The van der Waals surface area contributed by atoms with E-state index in [9.17, 15) is 5.11 Å². The molecule has 34 heavy (non-hydrogen) atoms. The lowest BCUT2D eigenvalue weighted by Gasteiger charge is -2.30. The summed E-state index contributed by atoms with van der Waals surface area (Å²) in [6, 6.07) is 32.4. The zero-order valence-electron chi connectivity index (χ0n) is 18.4. The quantitative estimate of drug-likeness (QED) is 0.258. The standard InChI is InChI=1S/C33H20O/c34-29-19-28-32(23-14-4-3-13-22(23)29)24-15-5-6-16-25(24)33(28)26-17-7-11-20-9-1-2-10-21-12-8-18-27(33)31(21)30(20)26/h1-19,34H/b2-1?,9-1-,10-2?,20-9?,21-10?. The van der Waals surface area contributed by atoms with Gasteiger partial charge in [-0.25, -0.2) is 0 Å². The van der Waals surface area contributed by atoms with E-state index in [1.807, 2.05) is 18.2 Å². The van der Waals surface area contributed by atoms with E-state index in [1.165, 1.54) is 55.6 Å². The van der Waals surface area contributed by atoms with Crippen molar-refractivity contribution in [2.24, 2.45) is 0 Å². The van der Waals surface area contributed by atoms with Crippen LogP contribution in [0.5, 0.6) is 5.75 Å². The Balaban J connectivity index is 1.66. The SMILES string of the molecule is Oc1cc2c(c3ccccc13)-c1ccccc1C21c2cccc3c2-c2c(cccc21)/C=C\C=C3. The lowest BCUT2D eigenvalue weighted by Crippen LogP contribution is -2.25. The number of aromatic hydroxyl groups is 1. The molecule has 1 unspecified atom stereocenters. The van der Waals surface area contributed by atoms with Gasteiger partial charge < -0.3 is 5.11 Å². The van der Waals surface area contributed by atoms with E-state index in [2.05, 4.69) is 97.1 Å². The van der Waals surface area contributed by atoms with Gasteiger partial charge in [0, 0.05) is 5.39 Å². The maximum absolute atomic E-state index is 11.2. The van der Waals surface area contributed by atoms with Gasteiger partial charge in [0.25, 0.3) is 0 Å². The average molecular weight is 433 g/mol. The normalized spacial score (nSPS) is 18.9. The molecule has 0 aliphatic heterocycles. The van der Waals surface area contributed by atoms with Crippen LogP contribution in [-0.2, 0) is 5.41 Å². The highest BCUT2D eigenvalue weighted by Crippen LogP contribution is 2.65. The van der Waals surface area contributed by atoms with Crippen LogP contribution in [0.1, 0.15) is 33.4 Å². The largest absolute Gasteiger partial charge is 0.507 e. The number of phenols is 1. The van der Waals surface area contributed by atoms with E-state index in [0.29, 0.717) is 5.75 Å². The number of fused-ring (bicyclic) bond motifs is 9. The first-order chi connectivity index (χ1) is 16.8. The molecule has 0 amide bonds. The van der Waals surface area contributed by atoms with Crippen LogP contribution in [0.25, 0.3) is 45.2 Å². The maximum Gasteiger partial charge on any atom is 0.123 e. The number of allylic oxidation sites excluding steroid dienone is 2. The molecular formula is C33H20O. The number of hydrogen-bond acceptors (Lipinski definition) is 1. The second kappa shape index (κ2) is 6.15. The van der Waals surface area contributed by atoms with E-state index < -0.39 is 5.41 Å². The van der Waals surface area contributed by atoms with Gasteiger partial charge in [-0.3, -0.25) is 0 Å². The fraction of sp³-hybridized carbons (Fsp3) is 0.0303. The second-order valence-corrected chi connectivity index (χ2v) is 9.42. The Bertz CT molecular complexity index is 1700. The molecule has 8 rings (SSSR count). The van der Waals surface area contributed by atoms with Crippen LogP contribution in [0, 0.1) is 0 Å². The Hall–Kier alpha value is -4.36. The zero-order valence-corrected chi connectivity index (χ0v) is 18.4. The van der Waals surface area contributed by atoms with Crippen LogP contribution in [0.4, 0.5) is 0 Å².